The van der Waals surface area contributed by atoms with Crippen LogP contribution in [0.5, 0.6) is 0 Å². The average Bonchev–Trinajstić information content (AvgIpc) is 2.78. The summed E-state index contributed by atoms with van der Waals surface area (Å²) in [5, 5.41) is 99.2. The first-order valence-corrected chi connectivity index (χ1v) is 10.00. The highest BCUT2D eigenvalue weighted by molar-refractivity contribution is 4.95. The Balaban J connectivity index is 1.79. The van der Waals surface area contributed by atoms with E-state index < -0.39 is 106 Å². The lowest BCUT2D eigenvalue weighted by Crippen LogP contribution is -2.66. The van der Waals surface area contributed by atoms with Crippen molar-refractivity contribution in [2.24, 2.45) is 0 Å². The van der Waals surface area contributed by atoms with E-state index in [1.54, 1.807) is 0 Å². The van der Waals surface area contributed by atoms with Gasteiger partial charge in [0.15, 0.2) is 18.9 Å². The first-order valence-electron chi connectivity index (χ1n) is 10.00. The minimum Gasteiger partial charge on any atom is -0.394 e. The summed E-state index contributed by atoms with van der Waals surface area (Å²) < 4.78 is 26.4. The highest BCUT2D eigenvalue weighted by Gasteiger charge is 2.52. The molecule has 188 valence electrons. The normalized spacial score (nSPS) is 52.7. The van der Waals surface area contributed by atoms with Crippen molar-refractivity contribution in [3.63, 3.8) is 0 Å². The maximum absolute atomic E-state index is 10.5. The molecule has 0 amide bonds. The van der Waals surface area contributed by atoms with Gasteiger partial charge in [-0.05, 0) is 0 Å². The number of aliphatic hydroxyl groups excluding tert-OH is 10. The summed E-state index contributed by atoms with van der Waals surface area (Å²) in [7, 11) is 0. The third-order valence-corrected chi connectivity index (χ3v) is 5.70. The van der Waals surface area contributed by atoms with Crippen molar-refractivity contribution in [3.05, 3.63) is 0 Å². The van der Waals surface area contributed by atoms with Crippen LogP contribution in [0.2, 0.25) is 0 Å². The average molecular weight is 474 g/mol. The lowest BCUT2D eigenvalue weighted by molar-refractivity contribution is -0.385. The van der Waals surface area contributed by atoms with Crippen LogP contribution < -0.4 is 0 Å². The van der Waals surface area contributed by atoms with E-state index in [9.17, 15) is 46.0 Å². The van der Waals surface area contributed by atoms with Crippen LogP contribution in [0.15, 0.2) is 0 Å². The third-order valence-electron chi connectivity index (χ3n) is 5.70. The molecule has 0 aromatic rings. The summed E-state index contributed by atoms with van der Waals surface area (Å²) in [6.45, 7) is -1.90. The zero-order valence-electron chi connectivity index (χ0n) is 16.7. The molecule has 0 aliphatic carbocycles. The Morgan fingerprint density at radius 3 is 1.72 bits per heavy atom. The second-order valence-electron chi connectivity index (χ2n) is 7.89. The fraction of sp³-hybridized carbons (Fsp3) is 1.00. The maximum atomic E-state index is 10.5. The quantitative estimate of drug-likeness (QED) is 0.172. The van der Waals surface area contributed by atoms with E-state index in [0.717, 1.165) is 0 Å². The van der Waals surface area contributed by atoms with Crippen molar-refractivity contribution in [2.45, 2.75) is 86.0 Å². The van der Waals surface area contributed by atoms with Gasteiger partial charge in [-0.25, -0.2) is 0 Å². The van der Waals surface area contributed by atoms with Crippen LogP contribution >= 0.6 is 0 Å². The van der Waals surface area contributed by atoms with Crippen LogP contribution in [0.4, 0.5) is 0 Å². The lowest BCUT2D eigenvalue weighted by atomic mass is 9.97. The Morgan fingerprint density at radius 1 is 0.594 bits per heavy atom. The molecule has 3 heterocycles. The number of ether oxygens (including phenoxy) is 5. The van der Waals surface area contributed by atoms with E-state index in [-0.39, 0.29) is 0 Å². The van der Waals surface area contributed by atoms with Gasteiger partial charge >= 0.3 is 0 Å². The largest absolute Gasteiger partial charge is 0.394 e. The van der Waals surface area contributed by atoms with Crippen molar-refractivity contribution in [1.29, 1.82) is 0 Å². The van der Waals surface area contributed by atoms with Crippen LogP contribution in [0, 0.1) is 0 Å². The van der Waals surface area contributed by atoms with Crippen LogP contribution in [-0.2, 0) is 23.7 Å². The molecule has 32 heavy (non-hydrogen) atoms. The molecule has 0 spiro atoms. The van der Waals surface area contributed by atoms with Crippen molar-refractivity contribution in [1.82, 2.24) is 0 Å². The standard InChI is InChI=1S/C17H30O15/c18-1-5-8(22)10(24)13(15(27)29-5)31-17-14(11(25)9(23)6(2-19)30-17)32-16-12(26)7(21)4(20)3-28-16/h4-27H,1-3H2/t4-,5-,6-,7+,8-,9-,10+,11+,12+,13+,14+,15-,16-,17-/m1/s1. The number of hydrogen-bond donors (Lipinski definition) is 10. The minimum atomic E-state index is -1.86. The number of rotatable bonds is 6. The van der Waals surface area contributed by atoms with Gasteiger partial charge in [0.2, 0.25) is 0 Å². The summed E-state index contributed by atoms with van der Waals surface area (Å²) in [4.78, 5) is 0. The third kappa shape index (κ3) is 5.07. The molecule has 0 aromatic carbocycles. The number of hydrogen-bond acceptors (Lipinski definition) is 15. The molecule has 3 fully saturated rings. The molecule has 3 aliphatic heterocycles. The van der Waals surface area contributed by atoms with Crippen LogP contribution in [0.1, 0.15) is 0 Å². The van der Waals surface area contributed by atoms with Gasteiger partial charge in [-0.15, -0.1) is 0 Å². The molecule has 3 saturated heterocycles. The van der Waals surface area contributed by atoms with E-state index in [1.807, 2.05) is 0 Å². The first-order chi connectivity index (χ1) is 15.1. The molecule has 10 N–H and O–H groups in total. The van der Waals surface area contributed by atoms with Gasteiger partial charge in [-0.2, -0.15) is 0 Å². The summed E-state index contributed by atoms with van der Waals surface area (Å²) in [6.07, 6.45) is -23.0. The topological polar surface area (TPSA) is 248 Å². The minimum absolute atomic E-state index is 0.428. The number of aliphatic hydroxyl groups is 10. The fourth-order valence-corrected chi connectivity index (χ4v) is 3.74. The highest BCUT2D eigenvalue weighted by atomic mass is 16.8. The molecular weight excluding hydrogens is 444 g/mol. The van der Waals surface area contributed by atoms with Gasteiger partial charge in [0, 0.05) is 0 Å². The Labute approximate surface area is 181 Å². The van der Waals surface area contributed by atoms with Crippen LogP contribution in [-0.4, -0.2) is 157 Å². The van der Waals surface area contributed by atoms with Crippen molar-refractivity contribution < 1.29 is 74.7 Å². The van der Waals surface area contributed by atoms with Crippen molar-refractivity contribution in [2.75, 3.05) is 19.8 Å². The van der Waals surface area contributed by atoms with E-state index in [2.05, 4.69) is 0 Å². The summed E-state index contributed by atoms with van der Waals surface area (Å²) in [5.41, 5.74) is 0. The molecule has 15 heteroatoms. The molecule has 14 atom stereocenters. The zero-order chi connectivity index (χ0) is 23.7. The fourth-order valence-electron chi connectivity index (χ4n) is 3.74. The maximum Gasteiger partial charge on any atom is 0.187 e. The Kier molecular flexibility index (Phi) is 8.75. The molecule has 0 unspecified atom stereocenters. The van der Waals surface area contributed by atoms with Gasteiger partial charge in [-0.3, -0.25) is 0 Å². The van der Waals surface area contributed by atoms with Crippen molar-refractivity contribution >= 4 is 0 Å². The smallest absolute Gasteiger partial charge is 0.187 e. The summed E-state index contributed by atoms with van der Waals surface area (Å²) in [5.74, 6) is 0. The molecule has 0 bridgehead atoms. The first kappa shape index (κ1) is 26.0. The van der Waals surface area contributed by atoms with Gasteiger partial charge in [0.25, 0.3) is 0 Å². The highest BCUT2D eigenvalue weighted by Crippen LogP contribution is 2.31. The molecule has 3 aliphatic rings. The Bertz CT molecular complexity index is 596. The van der Waals surface area contributed by atoms with Crippen LogP contribution in [0.25, 0.3) is 0 Å². The van der Waals surface area contributed by atoms with E-state index >= 15 is 0 Å². The monoisotopic (exact) mass is 474 g/mol. The predicted octanol–water partition coefficient (Wildman–Crippen LogP) is -6.93. The SMILES string of the molecule is OC[C@H]1O[C@H](O[C@H]2[C@@H](O)[C@H](O)[C@@H](CO)O[C@H]2O)[C@@H](O[C@H]2OC[C@@H](O)[C@H](O)[C@@H]2O)[C@@H](O)[C@@H]1O. The second kappa shape index (κ2) is 10.8. The lowest BCUT2D eigenvalue weighted by Gasteiger charge is -2.47. The van der Waals surface area contributed by atoms with E-state index in [0.29, 0.717) is 0 Å². The summed E-state index contributed by atoms with van der Waals surface area (Å²) >= 11 is 0. The van der Waals surface area contributed by atoms with Crippen LogP contribution in [0.3, 0.4) is 0 Å². The van der Waals surface area contributed by atoms with Gasteiger partial charge in [0.1, 0.15) is 67.1 Å². The van der Waals surface area contributed by atoms with E-state index in [4.69, 9.17) is 28.8 Å². The van der Waals surface area contributed by atoms with Gasteiger partial charge < -0.3 is 74.7 Å². The molecule has 0 radical (unpaired) electrons. The Morgan fingerprint density at radius 2 is 1.12 bits per heavy atom. The predicted molar refractivity (Wildman–Crippen MR) is 95.2 cm³/mol. The molecule has 0 aromatic heterocycles. The summed E-state index contributed by atoms with van der Waals surface area (Å²) in [6, 6.07) is 0. The van der Waals surface area contributed by atoms with Gasteiger partial charge in [0.05, 0.1) is 19.8 Å². The molecule has 3 rings (SSSR count). The Hall–Kier alpha value is -0.600. The van der Waals surface area contributed by atoms with Crippen molar-refractivity contribution in [3.8, 4) is 0 Å². The zero-order valence-corrected chi connectivity index (χ0v) is 16.7. The van der Waals surface area contributed by atoms with E-state index in [1.165, 1.54) is 0 Å². The molecular formula is C17H30O15. The molecule has 0 saturated carbocycles. The molecule has 15 nitrogen and oxygen atoms in total. The van der Waals surface area contributed by atoms with Gasteiger partial charge in [-0.1, -0.05) is 0 Å². The second-order valence-corrected chi connectivity index (χ2v) is 7.89.